The number of benzene rings is 2. The molecule has 6 nitrogen and oxygen atoms in total. The first-order valence-electron chi connectivity index (χ1n) is 8.60. The second-order valence-electron chi connectivity index (χ2n) is 5.84. The van der Waals surface area contributed by atoms with Crippen molar-refractivity contribution in [2.24, 2.45) is 21.6 Å². The number of nitrogens with two attached hydrogens (primary N) is 2. The highest BCUT2D eigenvalue weighted by Gasteiger charge is 2.08. The zero-order valence-corrected chi connectivity index (χ0v) is 15.3. The number of rotatable bonds is 6. The Morgan fingerprint density at radius 1 is 0.852 bits per heavy atom. The molecule has 0 aliphatic heterocycles. The van der Waals surface area contributed by atoms with E-state index in [0.29, 0.717) is 24.0 Å². The molecule has 3 aromatic rings. The lowest BCUT2D eigenvalue weighted by atomic mass is 10.0. The van der Waals surface area contributed by atoms with E-state index in [-0.39, 0.29) is 0 Å². The first kappa shape index (κ1) is 18.3. The average Bonchev–Trinajstić information content (AvgIpc) is 3.19. The summed E-state index contributed by atoms with van der Waals surface area (Å²) in [6.07, 6.45) is 0. The maximum Gasteiger partial charge on any atom is 0.170 e. The summed E-state index contributed by atoms with van der Waals surface area (Å²) >= 11 is 0. The van der Waals surface area contributed by atoms with Crippen molar-refractivity contribution in [2.75, 3.05) is 13.7 Å². The molecule has 3 rings (SSSR count). The molecule has 0 aliphatic rings. The number of nitrogens with zero attached hydrogens (tertiary/aromatic N) is 2. The molecule has 1 heterocycles. The average molecular weight is 362 g/mol. The zero-order chi connectivity index (χ0) is 19.2. The fraction of sp³-hybridized carbons (Fsp3) is 0.143. The smallest absolute Gasteiger partial charge is 0.170 e. The molecule has 0 fully saturated rings. The molecule has 2 aromatic carbocycles. The van der Waals surface area contributed by atoms with E-state index in [2.05, 4.69) is 10.1 Å². The molecule has 0 radical (unpaired) electrons. The van der Waals surface area contributed by atoms with Gasteiger partial charge in [-0.25, -0.2) is 0 Å². The second kappa shape index (κ2) is 8.23. The van der Waals surface area contributed by atoms with E-state index in [1.165, 1.54) is 7.11 Å². The van der Waals surface area contributed by atoms with Gasteiger partial charge in [0.25, 0.3) is 0 Å². The van der Waals surface area contributed by atoms with Crippen LogP contribution >= 0.6 is 0 Å². The van der Waals surface area contributed by atoms with E-state index < -0.39 is 0 Å². The molecule has 138 valence electrons. The molecule has 27 heavy (non-hydrogen) atoms. The molecule has 0 saturated heterocycles. The van der Waals surface area contributed by atoms with E-state index in [1.54, 1.807) is 0 Å². The van der Waals surface area contributed by atoms with Crippen LogP contribution in [0.1, 0.15) is 18.2 Å². The lowest BCUT2D eigenvalue weighted by molar-refractivity contribution is 0.213. The zero-order valence-electron chi connectivity index (χ0n) is 15.3. The van der Waals surface area contributed by atoms with Crippen molar-refractivity contribution in [2.45, 2.75) is 6.92 Å². The Morgan fingerprint density at radius 2 is 1.44 bits per heavy atom. The lowest BCUT2D eigenvalue weighted by Gasteiger charge is -2.05. The minimum absolute atomic E-state index is 0.346. The topological polar surface area (TPSA) is 99.1 Å². The Balaban J connectivity index is 1.79. The van der Waals surface area contributed by atoms with E-state index in [9.17, 15) is 0 Å². The first-order valence-corrected chi connectivity index (χ1v) is 8.60. The monoisotopic (exact) mass is 362 g/mol. The molecule has 6 heteroatoms. The molecule has 0 unspecified atom stereocenters. The van der Waals surface area contributed by atoms with Crippen LogP contribution < -0.4 is 11.5 Å². The third-order valence-electron chi connectivity index (χ3n) is 4.06. The maximum absolute atomic E-state index is 5.88. The Hall–Kier alpha value is -3.54. The van der Waals surface area contributed by atoms with Gasteiger partial charge in [-0.1, -0.05) is 53.7 Å². The quantitative estimate of drug-likeness (QED) is 0.397. The number of hydrogen-bond acceptors (Lipinski definition) is 4. The number of aliphatic imine (C=N–C) groups is 1. The van der Waals surface area contributed by atoms with Crippen molar-refractivity contribution in [3.05, 3.63) is 72.0 Å². The third kappa shape index (κ3) is 4.17. The summed E-state index contributed by atoms with van der Waals surface area (Å²) in [5.74, 6) is 2.10. The van der Waals surface area contributed by atoms with E-state index in [4.69, 9.17) is 20.7 Å². The number of oxime groups is 1. The van der Waals surface area contributed by atoms with E-state index in [1.807, 2.05) is 67.6 Å². The van der Waals surface area contributed by atoms with Crippen molar-refractivity contribution in [3.8, 4) is 22.5 Å². The van der Waals surface area contributed by atoms with Crippen LogP contribution in [-0.4, -0.2) is 25.3 Å². The summed E-state index contributed by atoms with van der Waals surface area (Å²) in [4.78, 5) is 8.86. The van der Waals surface area contributed by atoms with E-state index in [0.717, 1.165) is 28.0 Å². The Bertz CT molecular complexity index is 955. The largest absolute Gasteiger partial charge is 0.453 e. The van der Waals surface area contributed by atoms with Gasteiger partial charge in [0.2, 0.25) is 0 Å². The first-order chi connectivity index (χ1) is 13.1. The number of amidine groups is 2. The fourth-order valence-corrected chi connectivity index (χ4v) is 2.69. The molecule has 0 amide bonds. The van der Waals surface area contributed by atoms with Crippen LogP contribution in [0.4, 0.5) is 0 Å². The van der Waals surface area contributed by atoms with Gasteiger partial charge in [-0.2, -0.15) is 0 Å². The predicted molar refractivity (Wildman–Crippen MR) is 109 cm³/mol. The molecule has 0 atom stereocenters. The van der Waals surface area contributed by atoms with Gasteiger partial charge in [0.1, 0.15) is 12.9 Å². The van der Waals surface area contributed by atoms with Crippen LogP contribution in [0.2, 0.25) is 0 Å². The molecule has 0 saturated carbocycles. The van der Waals surface area contributed by atoms with Gasteiger partial charge >= 0.3 is 0 Å². The third-order valence-corrected chi connectivity index (χ3v) is 4.06. The summed E-state index contributed by atoms with van der Waals surface area (Å²) in [5.41, 5.74) is 15.7. The van der Waals surface area contributed by atoms with Crippen LogP contribution in [0.15, 0.2) is 75.2 Å². The number of hydrogen-bond donors (Lipinski definition) is 2. The molecule has 4 N–H and O–H groups in total. The summed E-state index contributed by atoms with van der Waals surface area (Å²) in [5, 5.41) is 3.73. The van der Waals surface area contributed by atoms with Gasteiger partial charge in [0.05, 0.1) is 0 Å². The normalized spacial score (nSPS) is 12.2. The van der Waals surface area contributed by atoms with Crippen LogP contribution in [0, 0.1) is 0 Å². The molecule has 0 spiro atoms. The van der Waals surface area contributed by atoms with Crippen molar-refractivity contribution in [3.63, 3.8) is 0 Å². The van der Waals surface area contributed by atoms with Gasteiger partial charge < -0.3 is 20.7 Å². The predicted octanol–water partition coefficient (Wildman–Crippen LogP) is 3.61. The van der Waals surface area contributed by atoms with Crippen LogP contribution in [-0.2, 0) is 4.84 Å². The van der Waals surface area contributed by atoms with Gasteiger partial charge in [0.15, 0.2) is 17.4 Å². The van der Waals surface area contributed by atoms with Crippen LogP contribution in [0.25, 0.3) is 22.5 Å². The Morgan fingerprint density at radius 3 is 2.04 bits per heavy atom. The standard InChI is InChI=1S/C21H22N4O2/c1-3-24-21(23)19-13-12-18(27-19)16-8-4-14(5-9-16)15-6-10-17(11-7-15)20(22)25-26-2/h4-13H,3H2,1-2H3,(H2,22,25)(H2,23,24). The summed E-state index contributed by atoms with van der Waals surface area (Å²) in [6.45, 7) is 2.55. The van der Waals surface area contributed by atoms with Gasteiger partial charge in [-0.05, 0) is 30.2 Å². The second-order valence-corrected chi connectivity index (χ2v) is 5.84. The van der Waals surface area contributed by atoms with Crippen LogP contribution in [0.3, 0.4) is 0 Å². The van der Waals surface area contributed by atoms with Crippen molar-refractivity contribution in [1.29, 1.82) is 0 Å². The maximum atomic E-state index is 5.88. The van der Waals surface area contributed by atoms with Crippen molar-refractivity contribution in [1.82, 2.24) is 0 Å². The fourth-order valence-electron chi connectivity index (χ4n) is 2.69. The summed E-state index contributed by atoms with van der Waals surface area (Å²) < 4.78 is 5.80. The van der Waals surface area contributed by atoms with Crippen molar-refractivity contribution < 1.29 is 9.25 Å². The highest BCUT2D eigenvalue weighted by molar-refractivity contribution is 5.97. The molecule has 0 aliphatic carbocycles. The van der Waals surface area contributed by atoms with Crippen molar-refractivity contribution >= 4 is 11.7 Å². The minimum Gasteiger partial charge on any atom is -0.453 e. The van der Waals surface area contributed by atoms with Gasteiger partial charge in [-0.3, -0.25) is 4.99 Å². The summed E-state index contributed by atoms with van der Waals surface area (Å²) in [6, 6.07) is 19.7. The van der Waals surface area contributed by atoms with Gasteiger partial charge in [-0.15, -0.1) is 0 Å². The van der Waals surface area contributed by atoms with Gasteiger partial charge in [0, 0.05) is 17.7 Å². The van der Waals surface area contributed by atoms with Crippen LogP contribution in [0.5, 0.6) is 0 Å². The number of furan rings is 1. The highest BCUT2D eigenvalue weighted by atomic mass is 16.6. The van der Waals surface area contributed by atoms with E-state index >= 15 is 0 Å². The summed E-state index contributed by atoms with van der Waals surface area (Å²) in [7, 11) is 1.47. The SMILES string of the molecule is CCN=C(N)c1ccc(-c2ccc(-c3ccc(/C(N)=N/OC)cc3)cc2)o1. The Labute approximate surface area is 158 Å². The highest BCUT2D eigenvalue weighted by Crippen LogP contribution is 2.26. The molecule has 1 aromatic heterocycles. The lowest BCUT2D eigenvalue weighted by Crippen LogP contribution is -2.13. The molecule has 0 bridgehead atoms. The molecular weight excluding hydrogens is 340 g/mol. The Kier molecular flexibility index (Phi) is 5.56. The minimum atomic E-state index is 0.346. The molecular formula is C21H22N4O2.